The highest BCUT2D eigenvalue weighted by Gasteiger charge is 2.12. The molecular weight excluding hydrogens is 396 g/mol. The minimum absolute atomic E-state index is 0.110. The third kappa shape index (κ3) is 3.54. The number of anilines is 1. The van der Waals surface area contributed by atoms with E-state index in [9.17, 15) is 4.79 Å². The molecule has 1 amide bonds. The molecule has 2 aromatic carbocycles. The maximum atomic E-state index is 12.3. The average Bonchev–Trinajstić information content (AvgIpc) is 2.46. The summed E-state index contributed by atoms with van der Waals surface area (Å²) in [6.07, 6.45) is 1.04. The van der Waals surface area contributed by atoms with Crippen LogP contribution in [0.3, 0.4) is 0 Å². The molecule has 108 valence electrons. The Hall–Kier alpha value is -1.17. The maximum absolute atomic E-state index is 12.3. The first-order chi connectivity index (χ1) is 10.1. The molecule has 1 aliphatic rings. The molecule has 2 aromatic rings. The predicted molar refractivity (Wildman–Crippen MR) is 91.6 cm³/mol. The molecule has 0 saturated heterocycles. The van der Waals surface area contributed by atoms with Crippen LogP contribution in [-0.2, 0) is 13.0 Å². The summed E-state index contributed by atoms with van der Waals surface area (Å²) in [5.41, 5.74) is 4.07. The molecule has 1 aliphatic heterocycles. The normalized spacial score (nSPS) is 13.6. The van der Waals surface area contributed by atoms with Crippen molar-refractivity contribution >= 4 is 43.5 Å². The van der Waals surface area contributed by atoms with Crippen LogP contribution in [0.25, 0.3) is 0 Å². The second-order valence-electron chi connectivity index (χ2n) is 5.02. The van der Waals surface area contributed by atoms with Gasteiger partial charge in [-0.25, -0.2) is 0 Å². The first-order valence-electron chi connectivity index (χ1n) is 6.72. The zero-order chi connectivity index (χ0) is 14.8. The highest BCUT2D eigenvalue weighted by Crippen LogP contribution is 2.22. The van der Waals surface area contributed by atoms with Crippen LogP contribution in [-0.4, -0.2) is 12.5 Å². The topological polar surface area (TPSA) is 41.1 Å². The lowest BCUT2D eigenvalue weighted by atomic mass is 10.0. The van der Waals surface area contributed by atoms with Gasteiger partial charge in [0, 0.05) is 26.7 Å². The Bertz CT molecular complexity index is 680. The molecule has 0 aromatic heterocycles. The molecule has 2 N–H and O–H groups in total. The van der Waals surface area contributed by atoms with Crippen molar-refractivity contribution in [1.29, 1.82) is 0 Å². The van der Waals surface area contributed by atoms with Crippen molar-refractivity contribution in [3.05, 3.63) is 62.0 Å². The maximum Gasteiger partial charge on any atom is 0.255 e. The first-order valence-corrected chi connectivity index (χ1v) is 8.30. The largest absolute Gasteiger partial charge is 0.322 e. The Balaban J connectivity index is 1.81. The van der Waals surface area contributed by atoms with Crippen LogP contribution >= 0.6 is 31.9 Å². The van der Waals surface area contributed by atoms with Gasteiger partial charge in [-0.3, -0.25) is 4.79 Å². The van der Waals surface area contributed by atoms with Gasteiger partial charge in [0.2, 0.25) is 0 Å². The summed E-state index contributed by atoms with van der Waals surface area (Å²) in [7, 11) is 0. The van der Waals surface area contributed by atoms with Crippen molar-refractivity contribution in [1.82, 2.24) is 5.32 Å². The number of benzene rings is 2. The molecule has 0 spiro atoms. The van der Waals surface area contributed by atoms with Gasteiger partial charge in [0.25, 0.3) is 5.91 Å². The van der Waals surface area contributed by atoms with Crippen molar-refractivity contribution in [3.8, 4) is 0 Å². The van der Waals surface area contributed by atoms with Gasteiger partial charge in [0.1, 0.15) is 0 Å². The van der Waals surface area contributed by atoms with Crippen LogP contribution in [0.15, 0.2) is 45.3 Å². The summed E-state index contributed by atoms with van der Waals surface area (Å²) in [4.78, 5) is 12.3. The first kappa shape index (κ1) is 14.8. The number of carbonyl (C=O) groups is 1. The second-order valence-corrected chi connectivity index (χ2v) is 6.85. The van der Waals surface area contributed by atoms with Gasteiger partial charge in [0.05, 0.1) is 0 Å². The minimum atomic E-state index is -0.110. The fourth-order valence-electron chi connectivity index (χ4n) is 2.45. The van der Waals surface area contributed by atoms with Gasteiger partial charge < -0.3 is 10.6 Å². The summed E-state index contributed by atoms with van der Waals surface area (Å²) < 4.78 is 1.74. The van der Waals surface area contributed by atoms with Crippen molar-refractivity contribution in [2.75, 3.05) is 11.9 Å². The molecule has 3 nitrogen and oxygen atoms in total. The third-order valence-corrected chi connectivity index (χ3v) is 4.39. The second kappa shape index (κ2) is 6.30. The van der Waals surface area contributed by atoms with Crippen LogP contribution in [0.1, 0.15) is 21.5 Å². The average molecular weight is 410 g/mol. The lowest BCUT2D eigenvalue weighted by Crippen LogP contribution is -2.23. The summed E-state index contributed by atoms with van der Waals surface area (Å²) in [5.74, 6) is -0.110. The smallest absolute Gasteiger partial charge is 0.255 e. The number of halogens is 2. The summed E-state index contributed by atoms with van der Waals surface area (Å²) in [6, 6.07) is 11.6. The molecule has 0 atom stereocenters. The standard InChI is InChI=1S/C16H14Br2N2O/c17-13-5-11(6-14(18)8-13)16(21)20-15-2-1-10-3-4-19-9-12(10)7-15/h1-2,5-8,19H,3-4,9H2,(H,20,21). The number of fused-ring (bicyclic) bond motifs is 1. The van der Waals surface area contributed by atoms with E-state index >= 15 is 0 Å². The Morgan fingerprint density at radius 2 is 1.81 bits per heavy atom. The van der Waals surface area contributed by atoms with Crippen molar-refractivity contribution in [3.63, 3.8) is 0 Å². The number of hydrogen-bond donors (Lipinski definition) is 2. The fourth-order valence-corrected chi connectivity index (χ4v) is 3.74. The molecule has 21 heavy (non-hydrogen) atoms. The number of carbonyl (C=O) groups excluding carboxylic acids is 1. The van der Waals surface area contributed by atoms with Gasteiger partial charge in [-0.2, -0.15) is 0 Å². The fraction of sp³-hybridized carbons (Fsp3) is 0.188. The molecule has 3 rings (SSSR count). The van der Waals surface area contributed by atoms with E-state index in [1.807, 2.05) is 18.2 Å². The molecular formula is C16H14Br2N2O. The van der Waals surface area contributed by atoms with Crippen LogP contribution in [0.2, 0.25) is 0 Å². The number of rotatable bonds is 2. The molecule has 0 radical (unpaired) electrons. The van der Waals surface area contributed by atoms with E-state index in [2.05, 4.69) is 48.6 Å². The highest BCUT2D eigenvalue weighted by atomic mass is 79.9. The van der Waals surface area contributed by atoms with Crippen LogP contribution in [0, 0.1) is 0 Å². The summed E-state index contributed by atoms with van der Waals surface area (Å²) in [5, 5.41) is 6.30. The van der Waals surface area contributed by atoms with E-state index in [4.69, 9.17) is 0 Å². The number of amides is 1. The number of hydrogen-bond acceptors (Lipinski definition) is 2. The van der Waals surface area contributed by atoms with Gasteiger partial charge in [-0.15, -0.1) is 0 Å². The van der Waals surface area contributed by atoms with Gasteiger partial charge >= 0.3 is 0 Å². The molecule has 1 heterocycles. The minimum Gasteiger partial charge on any atom is -0.322 e. The van der Waals surface area contributed by atoms with E-state index in [1.165, 1.54) is 11.1 Å². The third-order valence-electron chi connectivity index (χ3n) is 3.48. The van der Waals surface area contributed by atoms with Crippen molar-refractivity contribution in [2.24, 2.45) is 0 Å². The van der Waals surface area contributed by atoms with Crippen molar-refractivity contribution < 1.29 is 4.79 Å². The van der Waals surface area contributed by atoms with Crippen LogP contribution in [0.4, 0.5) is 5.69 Å². The lowest BCUT2D eigenvalue weighted by Gasteiger charge is -2.18. The Kier molecular flexibility index (Phi) is 4.42. The summed E-state index contributed by atoms with van der Waals surface area (Å²) >= 11 is 6.80. The molecule has 0 unspecified atom stereocenters. The van der Waals surface area contributed by atoms with E-state index in [-0.39, 0.29) is 5.91 Å². The summed E-state index contributed by atoms with van der Waals surface area (Å²) in [6.45, 7) is 1.88. The monoisotopic (exact) mass is 408 g/mol. The molecule has 5 heteroatoms. The lowest BCUT2D eigenvalue weighted by molar-refractivity contribution is 0.102. The van der Waals surface area contributed by atoms with Gasteiger partial charge in [-0.05, 0) is 54.4 Å². The van der Waals surface area contributed by atoms with Crippen LogP contribution in [0.5, 0.6) is 0 Å². The Labute approximate surface area is 140 Å². The highest BCUT2D eigenvalue weighted by molar-refractivity contribution is 9.11. The van der Waals surface area contributed by atoms with Gasteiger partial charge in [-0.1, -0.05) is 37.9 Å². The van der Waals surface area contributed by atoms with Gasteiger partial charge in [0.15, 0.2) is 0 Å². The zero-order valence-corrected chi connectivity index (χ0v) is 14.4. The number of nitrogens with one attached hydrogen (secondary N) is 2. The van der Waals surface area contributed by atoms with E-state index in [0.29, 0.717) is 5.56 Å². The van der Waals surface area contributed by atoms with Crippen molar-refractivity contribution in [2.45, 2.75) is 13.0 Å². The predicted octanol–water partition coefficient (Wildman–Crippen LogP) is 4.11. The molecule has 0 fully saturated rings. The molecule has 0 aliphatic carbocycles. The van der Waals surface area contributed by atoms with E-state index < -0.39 is 0 Å². The van der Waals surface area contributed by atoms with E-state index in [0.717, 1.165) is 34.1 Å². The quantitative estimate of drug-likeness (QED) is 0.783. The van der Waals surface area contributed by atoms with Crippen LogP contribution < -0.4 is 10.6 Å². The van der Waals surface area contributed by atoms with E-state index in [1.54, 1.807) is 12.1 Å². The molecule has 0 bridgehead atoms. The zero-order valence-electron chi connectivity index (χ0n) is 11.2. The SMILES string of the molecule is O=C(Nc1ccc2c(c1)CNCC2)c1cc(Br)cc(Br)c1. The Morgan fingerprint density at radius 3 is 2.57 bits per heavy atom. The molecule has 0 saturated carbocycles. The Morgan fingerprint density at radius 1 is 1.05 bits per heavy atom.